The molecule has 2 N–H and O–H groups in total. The average Bonchev–Trinajstić information content (AvgIpc) is 3.12. The molecule has 0 bridgehead atoms. The minimum absolute atomic E-state index is 0.0653. The van der Waals surface area contributed by atoms with Crippen molar-refractivity contribution in [3.63, 3.8) is 0 Å². The molecule has 31 heavy (non-hydrogen) atoms. The lowest BCUT2D eigenvalue weighted by Gasteiger charge is -2.33. The van der Waals surface area contributed by atoms with Crippen molar-refractivity contribution in [2.75, 3.05) is 26.2 Å². The van der Waals surface area contributed by atoms with Crippen molar-refractivity contribution in [1.82, 2.24) is 15.2 Å². The number of benzene rings is 1. The molecule has 6 heteroatoms. The number of carbonyl (C=O) groups excluding carboxylic acids is 2. The third-order valence-electron chi connectivity index (χ3n) is 7.29. The van der Waals surface area contributed by atoms with Crippen LogP contribution in [0.4, 0.5) is 4.79 Å². The second-order valence-electron chi connectivity index (χ2n) is 9.49. The van der Waals surface area contributed by atoms with Gasteiger partial charge in [0.2, 0.25) is 6.08 Å². The van der Waals surface area contributed by atoms with E-state index < -0.39 is 0 Å². The summed E-state index contributed by atoms with van der Waals surface area (Å²) in [5.41, 5.74) is 5.19. The monoisotopic (exact) mass is 422 g/mol. The molecular formula is C25H34N4O2. The SMILES string of the molecule is Cc1ccc2[nH]c(C3CCN(C(=O)NCC4CCCC(CN=C=O)C4)CC3)c(C)c2c1. The van der Waals surface area contributed by atoms with Crippen molar-refractivity contribution < 1.29 is 9.59 Å². The highest BCUT2D eigenvalue weighted by molar-refractivity contribution is 5.85. The molecule has 2 fully saturated rings. The Morgan fingerprint density at radius 1 is 1.19 bits per heavy atom. The first-order valence-electron chi connectivity index (χ1n) is 11.7. The molecule has 0 radical (unpaired) electrons. The highest BCUT2D eigenvalue weighted by Crippen LogP contribution is 2.34. The maximum Gasteiger partial charge on any atom is 0.317 e. The molecule has 1 aromatic carbocycles. The summed E-state index contributed by atoms with van der Waals surface area (Å²) in [4.78, 5) is 32.4. The number of rotatable bonds is 5. The second-order valence-corrected chi connectivity index (χ2v) is 9.49. The van der Waals surface area contributed by atoms with Crippen molar-refractivity contribution in [2.45, 2.75) is 58.3 Å². The molecule has 4 rings (SSSR count). The van der Waals surface area contributed by atoms with Gasteiger partial charge in [-0.2, -0.15) is 0 Å². The summed E-state index contributed by atoms with van der Waals surface area (Å²) in [5, 5.41) is 4.48. The van der Waals surface area contributed by atoms with Gasteiger partial charge in [0.1, 0.15) is 0 Å². The van der Waals surface area contributed by atoms with Crippen molar-refractivity contribution in [1.29, 1.82) is 0 Å². The number of carbonyl (C=O) groups is 1. The molecule has 2 heterocycles. The number of piperidine rings is 1. The van der Waals surface area contributed by atoms with E-state index in [1.165, 1.54) is 27.7 Å². The molecule has 2 aliphatic rings. The summed E-state index contributed by atoms with van der Waals surface area (Å²) >= 11 is 0. The Morgan fingerprint density at radius 2 is 1.97 bits per heavy atom. The van der Waals surface area contributed by atoms with Gasteiger partial charge >= 0.3 is 6.03 Å². The van der Waals surface area contributed by atoms with Crippen LogP contribution in [0, 0.1) is 25.7 Å². The lowest BCUT2D eigenvalue weighted by Crippen LogP contribution is -2.45. The summed E-state index contributed by atoms with van der Waals surface area (Å²) in [7, 11) is 0. The van der Waals surface area contributed by atoms with Crippen LogP contribution in [0.2, 0.25) is 0 Å². The molecule has 2 aromatic rings. The predicted molar refractivity (Wildman–Crippen MR) is 123 cm³/mol. The Kier molecular flexibility index (Phi) is 6.77. The number of hydrogen-bond donors (Lipinski definition) is 2. The lowest BCUT2D eigenvalue weighted by atomic mass is 9.81. The first-order valence-corrected chi connectivity index (χ1v) is 11.7. The average molecular weight is 423 g/mol. The molecule has 166 valence electrons. The number of fused-ring (bicyclic) bond motifs is 1. The fraction of sp³-hybridized carbons (Fsp3) is 0.600. The number of nitrogens with one attached hydrogen (secondary N) is 2. The summed E-state index contributed by atoms with van der Waals surface area (Å²) in [5.74, 6) is 1.42. The molecule has 1 aromatic heterocycles. The van der Waals surface area contributed by atoms with Crippen LogP contribution in [0.25, 0.3) is 10.9 Å². The van der Waals surface area contributed by atoms with E-state index in [4.69, 9.17) is 0 Å². The maximum absolute atomic E-state index is 12.7. The number of H-pyrrole nitrogens is 1. The molecule has 6 nitrogen and oxygen atoms in total. The summed E-state index contributed by atoms with van der Waals surface area (Å²) in [6, 6.07) is 6.65. The number of aromatic amines is 1. The molecule has 1 saturated carbocycles. The maximum atomic E-state index is 12.7. The van der Waals surface area contributed by atoms with Crippen LogP contribution < -0.4 is 5.32 Å². The van der Waals surface area contributed by atoms with Crippen molar-refractivity contribution >= 4 is 23.0 Å². The molecule has 2 unspecified atom stereocenters. The van der Waals surface area contributed by atoms with Gasteiger partial charge in [-0.25, -0.2) is 14.6 Å². The minimum Gasteiger partial charge on any atom is -0.358 e. The highest BCUT2D eigenvalue weighted by atomic mass is 16.2. The zero-order valence-electron chi connectivity index (χ0n) is 18.7. The van der Waals surface area contributed by atoms with Crippen LogP contribution in [0.5, 0.6) is 0 Å². The minimum atomic E-state index is 0.0653. The largest absolute Gasteiger partial charge is 0.358 e. The smallest absolute Gasteiger partial charge is 0.317 e. The Labute approximate surface area is 184 Å². The van der Waals surface area contributed by atoms with Crippen LogP contribution >= 0.6 is 0 Å². The first kappa shape index (κ1) is 21.6. The topological polar surface area (TPSA) is 77.6 Å². The van der Waals surface area contributed by atoms with E-state index in [0.29, 0.717) is 24.3 Å². The van der Waals surface area contributed by atoms with E-state index in [1.807, 2.05) is 4.90 Å². The molecule has 2 amide bonds. The van der Waals surface area contributed by atoms with E-state index in [0.717, 1.165) is 58.2 Å². The van der Waals surface area contributed by atoms with Gasteiger partial charge in [-0.3, -0.25) is 0 Å². The van der Waals surface area contributed by atoms with Gasteiger partial charge in [0.25, 0.3) is 0 Å². The van der Waals surface area contributed by atoms with Gasteiger partial charge < -0.3 is 15.2 Å². The number of aryl methyl sites for hydroxylation is 2. The molecule has 1 saturated heterocycles. The number of aromatic nitrogens is 1. The summed E-state index contributed by atoms with van der Waals surface area (Å²) in [6.45, 7) is 7.24. The Bertz CT molecular complexity index is 967. The third kappa shape index (κ3) is 5.01. The number of hydrogen-bond acceptors (Lipinski definition) is 3. The van der Waals surface area contributed by atoms with Crippen LogP contribution in [0.1, 0.15) is 61.3 Å². The summed E-state index contributed by atoms with van der Waals surface area (Å²) < 4.78 is 0. The Morgan fingerprint density at radius 3 is 2.74 bits per heavy atom. The summed E-state index contributed by atoms with van der Waals surface area (Å²) in [6.07, 6.45) is 8.08. The van der Waals surface area contributed by atoms with Gasteiger partial charge in [-0.15, -0.1) is 0 Å². The van der Waals surface area contributed by atoms with E-state index in [2.05, 4.69) is 47.3 Å². The Balaban J connectivity index is 1.27. The van der Waals surface area contributed by atoms with Crippen molar-refractivity contribution in [3.8, 4) is 0 Å². The van der Waals surface area contributed by atoms with Crippen LogP contribution in [0.3, 0.4) is 0 Å². The van der Waals surface area contributed by atoms with Crippen LogP contribution in [-0.4, -0.2) is 48.2 Å². The molecule has 0 spiro atoms. The van der Waals surface area contributed by atoms with Gasteiger partial charge in [0.05, 0.1) is 6.54 Å². The normalized spacial score (nSPS) is 22.3. The van der Waals surface area contributed by atoms with E-state index in [-0.39, 0.29) is 6.03 Å². The van der Waals surface area contributed by atoms with E-state index >= 15 is 0 Å². The molecule has 2 atom stereocenters. The molecule has 1 aliphatic heterocycles. The molecular weight excluding hydrogens is 388 g/mol. The van der Waals surface area contributed by atoms with Crippen molar-refractivity contribution in [3.05, 3.63) is 35.0 Å². The quantitative estimate of drug-likeness (QED) is 0.535. The van der Waals surface area contributed by atoms with Gasteiger partial charge in [-0.1, -0.05) is 18.1 Å². The predicted octanol–water partition coefficient (Wildman–Crippen LogP) is 4.82. The number of urea groups is 1. The zero-order chi connectivity index (χ0) is 21.8. The lowest BCUT2D eigenvalue weighted by molar-refractivity contribution is 0.175. The number of aliphatic imine (C=N–C) groups is 1. The first-order chi connectivity index (χ1) is 15.0. The van der Waals surface area contributed by atoms with Crippen molar-refractivity contribution in [2.24, 2.45) is 16.8 Å². The third-order valence-corrected chi connectivity index (χ3v) is 7.29. The highest BCUT2D eigenvalue weighted by Gasteiger charge is 2.27. The number of isocyanates is 1. The number of likely N-dealkylation sites (tertiary alicyclic amines) is 1. The number of amides is 2. The fourth-order valence-electron chi connectivity index (χ4n) is 5.50. The van der Waals surface area contributed by atoms with Gasteiger partial charge in [-0.05, 0) is 75.5 Å². The van der Waals surface area contributed by atoms with Gasteiger partial charge in [0.15, 0.2) is 0 Å². The van der Waals surface area contributed by atoms with E-state index in [9.17, 15) is 9.59 Å². The van der Waals surface area contributed by atoms with Gasteiger partial charge in [0, 0.05) is 42.1 Å². The van der Waals surface area contributed by atoms with E-state index in [1.54, 1.807) is 6.08 Å². The second kappa shape index (κ2) is 9.69. The zero-order valence-corrected chi connectivity index (χ0v) is 18.7. The molecule has 1 aliphatic carbocycles. The fourth-order valence-corrected chi connectivity index (χ4v) is 5.50. The van der Waals surface area contributed by atoms with Crippen LogP contribution in [-0.2, 0) is 4.79 Å². The standard InChI is InChI=1S/C25H34N4O2/c1-17-6-7-23-22(12-17)18(2)24(28-23)21-8-10-29(11-9-21)25(31)27-15-20-5-3-4-19(13-20)14-26-16-30/h6-7,12,19-21,28H,3-5,8-11,13-15H2,1-2H3,(H,27,31). The Hall–Kier alpha value is -2.59. The number of nitrogens with zero attached hydrogens (tertiary/aromatic N) is 2. The van der Waals surface area contributed by atoms with Crippen LogP contribution in [0.15, 0.2) is 23.2 Å².